The molecule has 0 radical (unpaired) electrons. The summed E-state index contributed by atoms with van der Waals surface area (Å²) in [6, 6.07) is 8.00. The van der Waals surface area contributed by atoms with Crippen LogP contribution in [0.2, 0.25) is 0 Å². The van der Waals surface area contributed by atoms with Gasteiger partial charge in [0.05, 0.1) is 0 Å². The molecule has 21 heavy (non-hydrogen) atoms. The van der Waals surface area contributed by atoms with Gasteiger partial charge in [-0.05, 0) is 23.5 Å². The summed E-state index contributed by atoms with van der Waals surface area (Å²) in [6.45, 7) is 3.99. The Kier molecular flexibility index (Phi) is 4.95. The Hall–Kier alpha value is -0.660. The highest BCUT2D eigenvalue weighted by Gasteiger charge is 2.38. The minimum absolute atomic E-state index is 0. The molecule has 3 rings (SSSR count). The molecule has 1 aromatic rings. The van der Waals surface area contributed by atoms with E-state index in [4.69, 9.17) is 5.73 Å². The van der Waals surface area contributed by atoms with Crippen molar-refractivity contribution in [2.45, 2.75) is 25.9 Å². The topological polar surface area (TPSA) is 66.6 Å². The Bertz CT molecular complexity index is 598. The van der Waals surface area contributed by atoms with Gasteiger partial charge in [0.15, 0.2) is 0 Å². The molecule has 2 heterocycles. The fraction of sp³-hybridized carbons (Fsp3) is 0.571. The Labute approximate surface area is 132 Å². The van der Waals surface area contributed by atoms with Gasteiger partial charge in [-0.1, -0.05) is 31.2 Å². The van der Waals surface area contributed by atoms with Crippen LogP contribution in [0.25, 0.3) is 0 Å². The molecule has 0 aliphatic carbocycles. The molecule has 0 spiro atoms. The zero-order valence-corrected chi connectivity index (χ0v) is 13.7. The van der Waals surface area contributed by atoms with E-state index in [0.29, 0.717) is 26.2 Å². The third-order valence-electron chi connectivity index (χ3n) is 4.39. The van der Waals surface area contributed by atoms with Gasteiger partial charge in [0.1, 0.15) is 0 Å². The quantitative estimate of drug-likeness (QED) is 0.879. The predicted octanol–water partition coefficient (Wildman–Crippen LogP) is 0.990. The molecule has 118 valence electrons. The summed E-state index contributed by atoms with van der Waals surface area (Å²) in [7, 11) is -3.38. The minimum atomic E-state index is -3.38. The first-order valence-corrected chi connectivity index (χ1v) is 8.46. The van der Waals surface area contributed by atoms with E-state index in [1.165, 1.54) is 9.87 Å². The molecule has 0 bridgehead atoms. The molecule has 7 heteroatoms. The zero-order valence-electron chi connectivity index (χ0n) is 12.1. The summed E-state index contributed by atoms with van der Waals surface area (Å²) in [5.74, 6) is 0.224. The van der Waals surface area contributed by atoms with Gasteiger partial charge in [0.2, 0.25) is 0 Å². The highest BCUT2D eigenvalue weighted by atomic mass is 35.5. The van der Waals surface area contributed by atoms with Gasteiger partial charge in [-0.3, -0.25) is 0 Å². The number of fused-ring (bicyclic) bond motifs is 1. The molecule has 0 saturated carbocycles. The molecule has 2 unspecified atom stereocenters. The number of nitrogens with zero attached hydrogens (tertiary/aromatic N) is 2. The van der Waals surface area contributed by atoms with E-state index >= 15 is 0 Å². The van der Waals surface area contributed by atoms with Crippen LogP contribution in [0.15, 0.2) is 24.3 Å². The van der Waals surface area contributed by atoms with E-state index in [1.807, 2.05) is 25.1 Å². The van der Waals surface area contributed by atoms with E-state index in [-0.39, 0.29) is 24.4 Å². The summed E-state index contributed by atoms with van der Waals surface area (Å²) in [5.41, 5.74) is 8.31. The third-order valence-corrected chi connectivity index (χ3v) is 6.30. The van der Waals surface area contributed by atoms with Gasteiger partial charge in [-0.2, -0.15) is 17.0 Å². The van der Waals surface area contributed by atoms with Crippen molar-refractivity contribution in [3.05, 3.63) is 35.4 Å². The molecular formula is C14H22ClN3O2S. The molecule has 2 aliphatic rings. The molecule has 2 N–H and O–H groups in total. The first-order valence-electron chi connectivity index (χ1n) is 7.06. The van der Waals surface area contributed by atoms with Crippen molar-refractivity contribution in [2.75, 3.05) is 19.6 Å². The Morgan fingerprint density at radius 1 is 1.14 bits per heavy atom. The van der Waals surface area contributed by atoms with Crippen molar-refractivity contribution in [3.8, 4) is 0 Å². The van der Waals surface area contributed by atoms with E-state index in [2.05, 4.69) is 6.07 Å². The van der Waals surface area contributed by atoms with Crippen LogP contribution in [0.5, 0.6) is 0 Å². The lowest BCUT2D eigenvalue weighted by molar-refractivity contribution is 0.342. The first-order chi connectivity index (χ1) is 9.48. The zero-order chi connectivity index (χ0) is 14.3. The summed E-state index contributed by atoms with van der Waals surface area (Å²) in [5, 5.41) is 0. The maximum atomic E-state index is 12.7. The van der Waals surface area contributed by atoms with Crippen molar-refractivity contribution in [3.63, 3.8) is 0 Å². The van der Waals surface area contributed by atoms with Gasteiger partial charge >= 0.3 is 0 Å². The Balaban J connectivity index is 0.00000161. The predicted molar refractivity (Wildman–Crippen MR) is 85.4 cm³/mol. The van der Waals surface area contributed by atoms with Crippen LogP contribution in [0, 0.1) is 5.92 Å². The van der Waals surface area contributed by atoms with Crippen LogP contribution in [0.3, 0.4) is 0 Å². The number of hydrogen-bond acceptors (Lipinski definition) is 3. The van der Waals surface area contributed by atoms with Gasteiger partial charge in [0, 0.05) is 32.2 Å². The average Bonchev–Trinajstić information content (AvgIpc) is 2.79. The van der Waals surface area contributed by atoms with Crippen molar-refractivity contribution in [1.82, 2.24) is 8.61 Å². The SMILES string of the molecule is CC1CN(S(=O)(=O)N2CCc3ccccc3C2)CC1N.Cl. The van der Waals surface area contributed by atoms with Crippen LogP contribution in [-0.2, 0) is 23.2 Å². The van der Waals surface area contributed by atoms with Crippen LogP contribution in [0.1, 0.15) is 18.1 Å². The van der Waals surface area contributed by atoms with Crippen LogP contribution < -0.4 is 5.73 Å². The van der Waals surface area contributed by atoms with Crippen LogP contribution in [0.4, 0.5) is 0 Å². The maximum absolute atomic E-state index is 12.7. The van der Waals surface area contributed by atoms with Crippen molar-refractivity contribution in [2.24, 2.45) is 11.7 Å². The number of halogens is 1. The second-order valence-corrected chi connectivity index (χ2v) is 7.75. The van der Waals surface area contributed by atoms with Crippen molar-refractivity contribution in [1.29, 1.82) is 0 Å². The Morgan fingerprint density at radius 2 is 1.81 bits per heavy atom. The van der Waals surface area contributed by atoms with E-state index in [9.17, 15) is 8.42 Å². The maximum Gasteiger partial charge on any atom is 0.282 e. The van der Waals surface area contributed by atoms with Gasteiger partial charge in [0.25, 0.3) is 10.2 Å². The molecule has 1 saturated heterocycles. The number of nitrogens with two attached hydrogens (primary N) is 1. The lowest BCUT2D eigenvalue weighted by Gasteiger charge is -2.31. The molecular weight excluding hydrogens is 310 g/mol. The fourth-order valence-electron chi connectivity index (χ4n) is 2.96. The lowest BCUT2D eigenvalue weighted by atomic mass is 10.0. The second-order valence-electron chi connectivity index (χ2n) is 5.82. The van der Waals surface area contributed by atoms with E-state index in [1.54, 1.807) is 4.31 Å². The summed E-state index contributed by atoms with van der Waals surface area (Å²) >= 11 is 0. The van der Waals surface area contributed by atoms with Crippen LogP contribution >= 0.6 is 12.4 Å². The molecule has 1 aromatic carbocycles. The standard InChI is InChI=1S/C14H21N3O2S.ClH/c1-11-8-17(10-14(11)15)20(18,19)16-7-6-12-4-2-3-5-13(12)9-16;/h2-5,11,14H,6-10,15H2,1H3;1H. The monoisotopic (exact) mass is 331 g/mol. The Morgan fingerprint density at radius 3 is 2.43 bits per heavy atom. The second kappa shape index (κ2) is 6.22. The summed E-state index contributed by atoms with van der Waals surface area (Å²) < 4.78 is 28.5. The molecule has 2 atom stereocenters. The lowest BCUT2D eigenvalue weighted by Crippen LogP contribution is -2.45. The highest BCUT2D eigenvalue weighted by Crippen LogP contribution is 2.25. The first kappa shape index (κ1) is 16.7. The molecule has 1 fully saturated rings. The van der Waals surface area contributed by atoms with E-state index < -0.39 is 10.2 Å². The fourth-order valence-corrected chi connectivity index (χ4v) is 4.70. The van der Waals surface area contributed by atoms with Gasteiger partial charge < -0.3 is 5.73 Å². The van der Waals surface area contributed by atoms with E-state index in [0.717, 1.165) is 12.0 Å². The molecule has 2 aliphatic heterocycles. The van der Waals surface area contributed by atoms with Gasteiger partial charge in [-0.25, -0.2) is 0 Å². The smallest absolute Gasteiger partial charge is 0.282 e. The molecule has 0 aromatic heterocycles. The third kappa shape index (κ3) is 3.10. The average molecular weight is 332 g/mol. The minimum Gasteiger partial charge on any atom is -0.326 e. The summed E-state index contributed by atoms with van der Waals surface area (Å²) in [4.78, 5) is 0. The van der Waals surface area contributed by atoms with Gasteiger partial charge in [-0.15, -0.1) is 12.4 Å². The largest absolute Gasteiger partial charge is 0.326 e. The molecule has 5 nitrogen and oxygen atoms in total. The van der Waals surface area contributed by atoms with Crippen molar-refractivity contribution >= 4 is 22.6 Å². The number of hydrogen-bond donors (Lipinski definition) is 1. The molecule has 0 amide bonds. The normalized spacial score (nSPS) is 27.1. The number of benzene rings is 1. The van der Waals surface area contributed by atoms with Crippen molar-refractivity contribution < 1.29 is 8.42 Å². The highest BCUT2D eigenvalue weighted by molar-refractivity contribution is 7.86. The van der Waals surface area contributed by atoms with Crippen LogP contribution in [-0.4, -0.2) is 42.7 Å². The number of rotatable bonds is 2. The summed E-state index contributed by atoms with van der Waals surface area (Å²) in [6.07, 6.45) is 0.783.